The molecule has 0 aliphatic heterocycles. The SMILES string of the molecule is CCCN(CCC)CCNC1CCC(C)CC1. The second-order valence-electron chi connectivity index (χ2n) is 5.75. The molecule has 0 amide bonds. The average Bonchev–Trinajstić information content (AvgIpc) is 2.32. The van der Waals surface area contributed by atoms with Gasteiger partial charge in [-0.3, -0.25) is 0 Å². The lowest BCUT2D eigenvalue weighted by Crippen LogP contribution is -2.39. The average molecular weight is 240 g/mol. The molecule has 17 heavy (non-hydrogen) atoms. The first-order valence-electron chi connectivity index (χ1n) is 7.72. The van der Waals surface area contributed by atoms with Crippen molar-refractivity contribution in [1.82, 2.24) is 10.2 Å². The number of nitrogens with zero attached hydrogens (tertiary/aromatic N) is 1. The molecule has 0 saturated heterocycles. The van der Waals surface area contributed by atoms with Gasteiger partial charge in [0.05, 0.1) is 0 Å². The van der Waals surface area contributed by atoms with Gasteiger partial charge in [-0.05, 0) is 57.5 Å². The first-order chi connectivity index (χ1) is 8.26. The summed E-state index contributed by atoms with van der Waals surface area (Å²) in [4.78, 5) is 2.60. The van der Waals surface area contributed by atoms with E-state index in [4.69, 9.17) is 0 Å². The second-order valence-corrected chi connectivity index (χ2v) is 5.75. The Hall–Kier alpha value is -0.0800. The Morgan fingerprint density at radius 3 is 2.06 bits per heavy atom. The van der Waals surface area contributed by atoms with Gasteiger partial charge in [0.1, 0.15) is 0 Å². The zero-order valence-electron chi connectivity index (χ0n) is 12.2. The summed E-state index contributed by atoms with van der Waals surface area (Å²) in [7, 11) is 0. The van der Waals surface area contributed by atoms with Crippen LogP contribution in [0.5, 0.6) is 0 Å². The highest BCUT2D eigenvalue weighted by molar-refractivity contribution is 4.75. The third-order valence-corrected chi connectivity index (χ3v) is 3.96. The maximum atomic E-state index is 3.75. The van der Waals surface area contributed by atoms with Crippen molar-refractivity contribution < 1.29 is 0 Å². The van der Waals surface area contributed by atoms with Gasteiger partial charge >= 0.3 is 0 Å². The van der Waals surface area contributed by atoms with Gasteiger partial charge in [0.15, 0.2) is 0 Å². The molecule has 1 aliphatic rings. The van der Waals surface area contributed by atoms with Crippen LogP contribution in [0.15, 0.2) is 0 Å². The maximum Gasteiger partial charge on any atom is 0.0107 e. The highest BCUT2D eigenvalue weighted by Gasteiger charge is 2.17. The monoisotopic (exact) mass is 240 g/mol. The zero-order chi connectivity index (χ0) is 12.5. The molecule has 1 saturated carbocycles. The molecule has 0 aromatic carbocycles. The van der Waals surface area contributed by atoms with Crippen molar-refractivity contribution in [2.75, 3.05) is 26.2 Å². The molecule has 1 rings (SSSR count). The highest BCUT2D eigenvalue weighted by atomic mass is 15.1. The molecule has 0 bridgehead atoms. The van der Waals surface area contributed by atoms with Gasteiger partial charge < -0.3 is 10.2 Å². The first-order valence-corrected chi connectivity index (χ1v) is 7.72. The van der Waals surface area contributed by atoms with E-state index in [1.54, 1.807) is 0 Å². The van der Waals surface area contributed by atoms with Crippen molar-refractivity contribution in [3.05, 3.63) is 0 Å². The molecule has 2 nitrogen and oxygen atoms in total. The molecule has 2 heteroatoms. The number of hydrogen-bond acceptors (Lipinski definition) is 2. The lowest BCUT2D eigenvalue weighted by molar-refractivity contribution is 0.253. The minimum Gasteiger partial charge on any atom is -0.313 e. The molecule has 102 valence electrons. The van der Waals surface area contributed by atoms with Crippen LogP contribution in [-0.2, 0) is 0 Å². The van der Waals surface area contributed by atoms with Crippen LogP contribution < -0.4 is 5.32 Å². The Labute approximate surface area is 108 Å². The zero-order valence-corrected chi connectivity index (χ0v) is 12.2. The summed E-state index contributed by atoms with van der Waals surface area (Å²) in [5.74, 6) is 0.963. The molecular formula is C15H32N2. The molecule has 0 unspecified atom stereocenters. The van der Waals surface area contributed by atoms with E-state index in [0.29, 0.717) is 0 Å². The summed E-state index contributed by atoms with van der Waals surface area (Å²) < 4.78 is 0. The summed E-state index contributed by atoms with van der Waals surface area (Å²) in [6.07, 6.45) is 8.18. The van der Waals surface area contributed by atoms with E-state index >= 15 is 0 Å². The first kappa shape index (κ1) is 15.0. The van der Waals surface area contributed by atoms with Crippen LogP contribution in [-0.4, -0.2) is 37.1 Å². The number of nitrogens with one attached hydrogen (secondary N) is 1. The van der Waals surface area contributed by atoms with Crippen molar-refractivity contribution in [2.24, 2.45) is 5.92 Å². The van der Waals surface area contributed by atoms with Crippen molar-refractivity contribution in [3.63, 3.8) is 0 Å². The Bertz CT molecular complexity index is 168. The number of rotatable bonds is 8. The summed E-state index contributed by atoms with van der Waals surface area (Å²) in [5, 5.41) is 3.75. The molecule has 0 spiro atoms. The second kappa shape index (κ2) is 8.93. The van der Waals surface area contributed by atoms with Crippen LogP contribution >= 0.6 is 0 Å². The van der Waals surface area contributed by atoms with Gasteiger partial charge in [-0.15, -0.1) is 0 Å². The van der Waals surface area contributed by atoms with E-state index in [2.05, 4.69) is 31.0 Å². The Balaban J connectivity index is 2.08. The van der Waals surface area contributed by atoms with Gasteiger partial charge in [0, 0.05) is 19.1 Å². The maximum absolute atomic E-state index is 3.75. The molecule has 0 aromatic heterocycles. The third-order valence-electron chi connectivity index (χ3n) is 3.96. The van der Waals surface area contributed by atoms with E-state index in [1.165, 1.54) is 64.7 Å². The fourth-order valence-corrected chi connectivity index (χ4v) is 2.86. The molecule has 0 heterocycles. The summed E-state index contributed by atoms with van der Waals surface area (Å²) in [5.41, 5.74) is 0. The molecule has 1 fully saturated rings. The molecule has 1 aliphatic carbocycles. The standard InChI is InChI=1S/C15H32N2/c1-4-11-17(12-5-2)13-10-16-15-8-6-14(3)7-9-15/h14-16H,4-13H2,1-3H3. The Morgan fingerprint density at radius 2 is 1.53 bits per heavy atom. The summed E-state index contributed by atoms with van der Waals surface area (Å²) in [6.45, 7) is 11.9. The van der Waals surface area contributed by atoms with Crippen LogP contribution in [0.3, 0.4) is 0 Å². The van der Waals surface area contributed by atoms with Crippen LogP contribution in [0.2, 0.25) is 0 Å². The van der Waals surface area contributed by atoms with Crippen molar-refractivity contribution in [2.45, 2.75) is 65.3 Å². The summed E-state index contributed by atoms with van der Waals surface area (Å²) in [6, 6.07) is 0.802. The van der Waals surface area contributed by atoms with Gasteiger partial charge in [0.25, 0.3) is 0 Å². The van der Waals surface area contributed by atoms with E-state index < -0.39 is 0 Å². The van der Waals surface area contributed by atoms with Gasteiger partial charge in [0.2, 0.25) is 0 Å². The smallest absolute Gasteiger partial charge is 0.0107 e. The largest absolute Gasteiger partial charge is 0.313 e. The molecular weight excluding hydrogens is 208 g/mol. The van der Waals surface area contributed by atoms with Crippen LogP contribution in [0.4, 0.5) is 0 Å². The Morgan fingerprint density at radius 1 is 0.941 bits per heavy atom. The minimum atomic E-state index is 0.802. The van der Waals surface area contributed by atoms with Gasteiger partial charge in [-0.2, -0.15) is 0 Å². The molecule has 0 radical (unpaired) electrons. The van der Waals surface area contributed by atoms with Gasteiger partial charge in [-0.1, -0.05) is 20.8 Å². The molecule has 0 aromatic rings. The molecule has 0 atom stereocenters. The van der Waals surface area contributed by atoms with Crippen LogP contribution in [0.1, 0.15) is 59.3 Å². The van der Waals surface area contributed by atoms with E-state index in [9.17, 15) is 0 Å². The van der Waals surface area contributed by atoms with Crippen molar-refractivity contribution in [1.29, 1.82) is 0 Å². The van der Waals surface area contributed by atoms with E-state index in [0.717, 1.165) is 12.0 Å². The predicted molar refractivity (Wildman–Crippen MR) is 76.4 cm³/mol. The molecule has 1 N–H and O–H groups in total. The van der Waals surface area contributed by atoms with Crippen LogP contribution in [0, 0.1) is 5.92 Å². The van der Waals surface area contributed by atoms with Crippen LogP contribution in [0.25, 0.3) is 0 Å². The van der Waals surface area contributed by atoms with Gasteiger partial charge in [-0.25, -0.2) is 0 Å². The van der Waals surface area contributed by atoms with Crippen molar-refractivity contribution in [3.8, 4) is 0 Å². The third kappa shape index (κ3) is 6.42. The Kier molecular flexibility index (Phi) is 7.87. The lowest BCUT2D eigenvalue weighted by Gasteiger charge is -2.28. The van der Waals surface area contributed by atoms with E-state index in [-0.39, 0.29) is 0 Å². The predicted octanol–water partition coefficient (Wildman–Crippen LogP) is 3.28. The lowest BCUT2D eigenvalue weighted by atomic mass is 9.87. The number of hydrogen-bond donors (Lipinski definition) is 1. The van der Waals surface area contributed by atoms with E-state index in [1.807, 2.05) is 0 Å². The fraction of sp³-hybridized carbons (Fsp3) is 1.00. The normalized spacial score (nSPS) is 25.4. The fourth-order valence-electron chi connectivity index (χ4n) is 2.86. The summed E-state index contributed by atoms with van der Waals surface area (Å²) >= 11 is 0. The topological polar surface area (TPSA) is 15.3 Å². The quantitative estimate of drug-likeness (QED) is 0.700. The highest BCUT2D eigenvalue weighted by Crippen LogP contribution is 2.23. The minimum absolute atomic E-state index is 0.802. The van der Waals surface area contributed by atoms with Crippen molar-refractivity contribution >= 4 is 0 Å².